The van der Waals surface area contributed by atoms with Crippen LogP contribution in [0.3, 0.4) is 0 Å². The molecule has 0 aromatic carbocycles. The van der Waals surface area contributed by atoms with Crippen molar-refractivity contribution in [2.24, 2.45) is 0 Å². The predicted molar refractivity (Wildman–Crippen MR) is 53.4 cm³/mol. The molecule has 10 heavy (non-hydrogen) atoms. The summed E-state index contributed by atoms with van der Waals surface area (Å²) in [5.41, 5.74) is 0. The molecule has 0 aliphatic rings. The molecule has 0 amide bonds. The summed E-state index contributed by atoms with van der Waals surface area (Å²) in [6, 6.07) is 0. The molecule has 60 valence electrons. The van der Waals surface area contributed by atoms with E-state index in [0.29, 0.717) is 0 Å². The van der Waals surface area contributed by atoms with Gasteiger partial charge < -0.3 is 0 Å². The molecule has 0 unspecified atom stereocenters. The number of hydrogen-bond donors (Lipinski definition) is 0. The van der Waals surface area contributed by atoms with Crippen molar-refractivity contribution < 1.29 is 0 Å². The summed E-state index contributed by atoms with van der Waals surface area (Å²) in [5, 5.41) is 5.81. The summed E-state index contributed by atoms with van der Waals surface area (Å²) in [5.74, 6) is 0. The van der Waals surface area contributed by atoms with E-state index in [1.165, 1.54) is 21.0 Å². The zero-order chi connectivity index (χ0) is 8.41. The molecule has 0 saturated carbocycles. The van der Waals surface area contributed by atoms with Crippen LogP contribution in [0.2, 0.25) is 21.0 Å². The molecule has 0 aliphatic carbocycles. The van der Waals surface area contributed by atoms with E-state index in [2.05, 4.69) is 44.2 Å². The Morgan fingerprint density at radius 1 is 0.900 bits per heavy atom. The molecule has 0 saturated heterocycles. The van der Waals surface area contributed by atoms with E-state index >= 15 is 0 Å². The van der Waals surface area contributed by atoms with Gasteiger partial charge in [0.25, 0.3) is 0 Å². The molecule has 0 atom stereocenters. The fourth-order valence-electron chi connectivity index (χ4n) is 0.750. The van der Waals surface area contributed by atoms with Gasteiger partial charge in [-0.05, 0) is 0 Å². The third kappa shape index (κ3) is 11.8. The molecule has 4 radical (unpaired) electrons. The first-order valence-electron chi connectivity index (χ1n) is 4.24. The summed E-state index contributed by atoms with van der Waals surface area (Å²) in [6.07, 6.45) is 0. The van der Waals surface area contributed by atoms with Gasteiger partial charge in [-0.3, -0.25) is 0 Å². The molecule has 0 aromatic heterocycles. The fourth-order valence-corrected chi connectivity index (χ4v) is 3.90. The first-order chi connectivity index (χ1) is 4.76. The van der Waals surface area contributed by atoms with Crippen LogP contribution in [0, 0.1) is 0 Å². The van der Waals surface area contributed by atoms with Gasteiger partial charge in [-0.2, -0.15) is 0 Å². The van der Waals surface area contributed by atoms with Crippen molar-refractivity contribution in [3.05, 3.63) is 0 Å². The van der Waals surface area contributed by atoms with Crippen molar-refractivity contribution >= 4 is 30.9 Å². The van der Waals surface area contributed by atoms with E-state index in [9.17, 15) is 0 Å². The summed E-state index contributed by atoms with van der Waals surface area (Å²) in [7, 11) is 0. The van der Waals surface area contributed by atoms with Gasteiger partial charge in [-0.15, -0.1) is 0 Å². The standard InChI is InChI=1S/C6H15Ge.C2H5Ge/c1-4-7(5-2)6-3;1-2-3/h4-6H2,1-3H3;2H2,1H3. The van der Waals surface area contributed by atoms with Gasteiger partial charge in [-0.25, -0.2) is 0 Å². The van der Waals surface area contributed by atoms with Crippen LogP contribution in [0.4, 0.5) is 0 Å². The van der Waals surface area contributed by atoms with E-state index in [1.807, 2.05) is 0 Å². The van der Waals surface area contributed by atoms with E-state index in [1.54, 1.807) is 0 Å². The minimum absolute atomic E-state index is 0.403. The van der Waals surface area contributed by atoms with Gasteiger partial charge >= 0.3 is 79.6 Å². The Balaban J connectivity index is 0. The number of hydrogen-bond acceptors (Lipinski definition) is 0. The molecule has 0 heterocycles. The van der Waals surface area contributed by atoms with Crippen LogP contribution >= 0.6 is 0 Å². The van der Waals surface area contributed by atoms with Gasteiger partial charge in [0.05, 0.1) is 0 Å². The molecule has 0 nitrogen and oxygen atoms in total. The molecule has 0 N–H and O–H groups in total. The third-order valence-corrected chi connectivity index (χ3v) is 7.79. The van der Waals surface area contributed by atoms with Crippen molar-refractivity contribution in [2.75, 3.05) is 0 Å². The predicted octanol–water partition coefficient (Wildman–Crippen LogP) is 3.13. The second-order valence-corrected chi connectivity index (χ2v) is 11.2. The average molecular weight is 261 g/mol. The van der Waals surface area contributed by atoms with Gasteiger partial charge in [-0.1, -0.05) is 0 Å². The van der Waals surface area contributed by atoms with Crippen LogP contribution < -0.4 is 0 Å². The van der Waals surface area contributed by atoms with Crippen LogP contribution in [-0.4, -0.2) is 30.9 Å². The maximum atomic E-state index is 2.34. The Bertz CT molecular complexity index is 37.0. The Morgan fingerprint density at radius 3 is 1.10 bits per heavy atom. The van der Waals surface area contributed by atoms with Crippen molar-refractivity contribution in [3.63, 3.8) is 0 Å². The van der Waals surface area contributed by atoms with Crippen molar-refractivity contribution in [1.29, 1.82) is 0 Å². The molecular weight excluding hydrogens is 241 g/mol. The van der Waals surface area contributed by atoms with Crippen LogP contribution in [0.5, 0.6) is 0 Å². The van der Waals surface area contributed by atoms with E-state index in [0.717, 1.165) is 0 Å². The van der Waals surface area contributed by atoms with E-state index < -0.39 is 14.3 Å². The monoisotopic (exact) mass is 264 g/mol. The van der Waals surface area contributed by atoms with Crippen molar-refractivity contribution in [3.8, 4) is 0 Å². The second kappa shape index (κ2) is 12.7. The van der Waals surface area contributed by atoms with Crippen molar-refractivity contribution in [2.45, 2.75) is 48.7 Å². The molecule has 0 bridgehead atoms. The Morgan fingerprint density at radius 2 is 1.10 bits per heavy atom. The fraction of sp³-hybridized carbons (Fsp3) is 1.00. The Hall–Kier alpha value is 1.09. The zero-order valence-electron chi connectivity index (χ0n) is 7.83. The average Bonchev–Trinajstić information content (AvgIpc) is 1.93. The second-order valence-electron chi connectivity index (χ2n) is 2.16. The van der Waals surface area contributed by atoms with Crippen molar-refractivity contribution in [1.82, 2.24) is 0 Å². The van der Waals surface area contributed by atoms with E-state index in [-0.39, 0.29) is 0 Å². The third-order valence-electron chi connectivity index (χ3n) is 1.50. The normalized spacial score (nSPS) is 9.00. The van der Waals surface area contributed by atoms with E-state index in [4.69, 9.17) is 0 Å². The number of rotatable bonds is 3. The van der Waals surface area contributed by atoms with Gasteiger partial charge in [0.2, 0.25) is 0 Å². The van der Waals surface area contributed by atoms with Crippen LogP contribution in [0.25, 0.3) is 0 Å². The molecule has 0 rings (SSSR count). The molecular formula is C8H20Ge2. The summed E-state index contributed by atoms with van der Waals surface area (Å²) < 4.78 is 0. The molecule has 0 aromatic rings. The first kappa shape index (κ1) is 13.7. The summed E-state index contributed by atoms with van der Waals surface area (Å²) in [4.78, 5) is 0. The quantitative estimate of drug-likeness (QED) is 0.685. The zero-order valence-corrected chi connectivity index (χ0v) is 12.0. The van der Waals surface area contributed by atoms with Gasteiger partial charge in [0, 0.05) is 0 Å². The summed E-state index contributed by atoms with van der Waals surface area (Å²) in [6.45, 7) is 9.13. The molecule has 0 spiro atoms. The van der Waals surface area contributed by atoms with Crippen LogP contribution in [-0.2, 0) is 0 Å². The Labute approximate surface area is 79.5 Å². The van der Waals surface area contributed by atoms with Crippen LogP contribution in [0.15, 0.2) is 0 Å². The maximum absolute atomic E-state index is 2.34. The minimum atomic E-state index is -0.403. The summed E-state index contributed by atoms with van der Waals surface area (Å²) >= 11 is 1.72. The van der Waals surface area contributed by atoms with Gasteiger partial charge in [0.1, 0.15) is 0 Å². The molecule has 2 heteroatoms. The van der Waals surface area contributed by atoms with Crippen LogP contribution in [0.1, 0.15) is 27.7 Å². The molecule has 0 fully saturated rings. The first-order valence-corrected chi connectivity index (χ1v) is 10.2. The topological polar surface area (TPSA) is 0 Å². The van der Waals surface area contributed by atoms with Gasteiger partial charge in [0.15, 0.2) is 0 Å². The molecule has 0 aliphatic heterocycles. The Kier molecular flexibility index (Phi) is 17.4. The SMILES string of the molecule is C[CH2][Ge].C[CH2][Ge]([CH2]C)[CH2]C.